The van der Waals surface area contributed by atoms with Gasteiger partial charge in [0.15, 0.2) is 0 Å². The van der Waals surface area contributed by atoms with Gasteiger partial charge in [0, 0.05) is 23.7 Å². The van der Waals surface area contributed by atoms with Crippen molar-refractivity contribution in [1.82, 2.24) is 9.88 Å². The molecule has 1 spiro atoms. The van der Waals surface area contributed by atoms with Crippen LogP contribution < -0.4 is 9.64 Å². The Morgan fingerprint density at radius 1 is 1.16 bits per heavy atom. The van der Waals surface area contributed by atoms with Crippen LogP contribution in [-0.2, 0) is 4.79 Å². The third kappa shape index (κ3) is 3.64. The lowest BCUT2D eigenvalue weighted by Gasteiger charge is -2.55. The number of aliphatic carboxylic acids is 1. The highest BCUT2D eigenvalue weighted by molar-refractivity contribution is 5.82. The smallest absolute Gasteiger partial charge is 0.326 e. The number of nitrogens with zero attached hydrogens (tertiary/aromatic N) is 3. The van der Waals surface area contributed by atoms with Gasteiger partial charge >= 0.3 is 5.97 Å². The third-order valence-corrected chi connectivity index (χ3v) is 8.08. The Kier molecular flexibility index (Phi) is 5.58. The molecule has 1 aliphatic carbocycles. The zero-order valence-electron chi connectivity index (χ0n) is 19.0. The summed E-state index contributed by atoms with van der Waals surface area (Å²) in [6, 6.07) is 12.4. The van der Waals surface area contributed by atoms with E-state index >= 15 is 0 Å². The summed E-state index contributed by atoms with van der Waals surface area (Å²) in [6.07, 6.45) is 7.16. The molecule has 1 aromatic carbocycles. The van der Waals surface area contributed by atoms with E-state index in [1.807, 2.05) is 36.2 Å². The van der Waals surface area contributed by atoms with E-state index < -0.39 is 12.0 Å². The number of carbonyl (C=O) groups is 1. The third-order valence-electron chi connectivity index (χ3n) is 8.08. The van der Waals surface area contributed by atoms with Gasteiger partial charge in [-0.05, 0) is 81.8 Å². The van der Waals surface area contributed by atoms with E-state index in [9.17, 15) is 9.90 Å². The number of ether oxygens (including phenoxy) is 1. The molecule has 2 aliphatic heterocycles. The number of benzene rings is 1. The maximum absolute atomic E-state index is 12.2. The number of aromatic nitrogens is 1. The molecule has 0 amide bonds. The molecule has 2 aromatic rings. The average molecular weight is 436 g/mol. The second-order valence-electron chi connectivity index (χ2n) is 9.84. The second-order valence-corrected chi connectivity index (χ2v) is 9.84. The molecule has 3 heterocycles. The van der Waals surface area contributed by atoms with Crippen molar-refractivity contribution in [2.24, 2.45) is 5.41 Å². The van der Waals surface area contributed by atoms with Crippen LogP contribution in [0.3, 0.4) is 0 Å². The number of hydrogen-bond donors (Lipinski definition) is 1. The zero-order chi connectivity index (χ0) is 22.3. The van der Waals surface area contributed by atoms with Crippen LogP contribution in [-0.4, -0.2) is 59.8 Å². The van der Waals surface area contributed by atoms with Crippen molar-refractivity contribution < 1.29 is 14.6 Å². The van der Waals surface area contributed by atoms with Gasteiger partial charge in [-0.25, -0.2) is 4.79 Å². The molecule has 32 heavy (non-hydrogen) atoms. The molecule has 1 saturated carbocycles. The number of anilines is 1. The fraction of sp³-hybridized carbons (Fsp3) is 0.538. The monoisotopic (exact) mass is 435 g/mol. The van der Waals surface area contributed by atoms with Crippen LogP contribution in [0, 0.1) is 12.3 Å². The average Bonchev–Trinajstić information content (AvgIpc) is 3.25. The molecule has 0 bridgehead atoms. The Morgan fingerprint density at radius 2 is 1.94 bits per heavy atom. The van der Waals surface area contributed by atoms with Crippen molar-refractivity contribution in [2.45, 2.75) is 57.0 Å². The van der Waals surface area contributed by atoms with Gasteiger partial charge in [-0.1, -0.05) is 18.2 Å². The van der Waals surface area contributed by atoms with Gasteiger partial charge in [-0.2, -0.15) is 0 Å². The molecule has 1 aromatic heterocycles. The minimum Gasteiger partial charge on any atom is -0.496 e. The molecule has 2 saturated heterocycles. The second kappa shape index (κ2) is 8.39. The van der Waals surface area contributed by atoms with Crippen molar-refractivity contribution in [3.8, 4) is 5.75 Å². The first-order chi connectivity index (χ1) is 15.5. The molecule has 6 nitrogen and oxygen atoms in total. The van der Waals surface area contributed by atoms with E-state index in [-0.39, 0.29) is 5.41 Å². The summed E-state index contributed by atoms with van der Waals surface area (Å²) in [6.45, 7) is 4.93. The molecule has 0 radical (unpaired) electrons. The number of para-hydroxylation sites is 1. The molecule has 3 atom stereocenters. The minimum atomic E-state index is -0.702. The summed E-state index contributed by atoms with van der Waals surface area (Å²) in [5, 5.41) is 10.1. The highest BCUT2D eigenvalue weighted by Crippen LogP contribution is 2.53. The largest absolute Gasteiger partial charge is 0.496 e. The van der Waals surface area contributed by atoms with Gasteiger partial charge in [0.1, 0.15) is 11.8 Å². The summed E-state index contributed by atoms with van der Waals surface area (Å²) < 4.78 is 5.58. The van der Waals surface area contributed by atoms with E-state index in [2.05, 4.69) is 28.1 Å². The number of likely N-dealkylation sites (tertiary alicyclic amines) is 1. The number of pyridine rings is 1. The number of hydrogen-bond acceptors (Lipinski definition) is 5. The zero-order valence-corrected chi connectivity index (χ0v) is 19.0. The van der Waals surface area contributed by atoms with Crippen LogP contribution in [0.15, 0.2) is 42.6 Å². The molecule has 6 heteroatoms. The van der Waals surface area contributed by atoms with Crippen molar-refractivity contribution >= 4 is 11.7 Å². The summed E-state index contributed by atoms with van der Waals surface area (Å²) in [7, 11) is 1.75. The normalized spacial score (nSPS) is 28.6. The topological polar surface area (TPSA) is 65.9 Å². The lowest BCUT2D eigenvalue weighted by molar-refractivity contribution is -0.145. The van der Waals surface area contributed by atoms with E-state index in [0.29, 0.717) is 12.0 Å². The quantitative estimate of drug-likeness (QED) is 0.763. The first kappa shape index (κ1) is 21.3. The maximum Gasteiger partial charge on any atom is 0.326 e. The number of aryl methyl sites for hydroxylation is 1. The highest BCUT2D eigenvalue weighted by atomic mass is 16.5. The Hall–Kier alpha value is -2.60. The van der Waals surface area contributed by atoms with Crippen LogP contribution in [0.25, 0.3) is 0 Å². The molecular formula is C26H33N3O3. The van der Waals surface area contributed by atoms with Crippen LogP contribution in [0.1, 0.15) is 49.3 Å². The van der Waals surface area contributed by atoms with E-state index in [4.69, 9.17) is 4.74 Å². The van der Waals surface area contributed by atoms with Crippen LogP contribution in [0.4, 0.5) is 5.69 Å². The molecule has 3 aliphatic rings. The minimum absolute atomic E-state index is 0.110. The summed E-state index contributed by atoms with van der Waals surface area (Å²) in [5.74, 6) is 0.834. The standard InChI is InChI=1S/C26H33N3O3/c1-18-7-8-21(16-27-18)29-17-26(24(29)25(30)31)12-9-20(15-26)28-13-10-19(11-14-28)22-5-3-4-6-23(22)32-2/h3-8,16,19-20,24H,9-15,17H2,1-2H3,(H,30,31)/t20?,24-,26?/m0/s1. The molecule has 2 unspecified atom stereocenters. The van der Waals surface area contributed by atoms with Gasteiger partial charge in [0.05, 0.1) is 19.0 Å². The van der Waals surface area contributed by atoms with Gasteiger partial charge in [0.25, 0.3) is 0 Å². The number of carboxylic acid groups (broad SMARTS) is 1. The Labute approximate surface area is 190 Å². The highest BCUT2D eigenvalue weighted by Gasteiger charge is 2.60. The summed E-state index contributed by atoms with van der Waals surface area (Å²) in [5.41, 5.74) is 3.09. The first-order valence-corrected chi connectivity index (χ1v) is 11.8. The fourth-order valence-corrected chi connectivity index (χ4v) is 6.41. The Morgan fingerprint density at radius 3 is 2.62 bits per heavy atom. The molecule has 1 N–H and O–H groups in total. The number of rotatable bonds is 5. The first-order valence-electron chi connectivity index (χ1n) is 11.8. The SMILES string of the molecule is COc1ccccc1C1CCN(C2CCC3(C2)CN(c2ccc(C)nc2)[C@H]3C(=O)O)CC1. The number of piperidine rings is 1. The maximum atomic E-state index is 12.2. The Bertz CT molecular complexity index is 971. The van der Waals surface area contributed by atoms with Gasteiger partial charge in [-0.15, -0.1) is 0 Å². The molecule has 5 rings (SSSR count). The predicted octanol–water partition coefficient (Wildman–Crippen LogP) is 4.09. The summed E-state index contributed by atoms with van der Waals surface area (Å²) in [4.78, 5) is 21.3. The molecule has 3 fully saturated rings. The van der Waals surface area contributed by atoms with Crippen molar-refractivity contribution in [2.75, 3.05) is 31.6 Å². The van der Waals surface area contributed by atoms with Crippen LogP contribution in [0.2, 0.25) is 0 Å². The van der Waals surface area contributed by atoms with Gasteiger partial charge in [-0.3, -0.25) is 4.98 Å². The van der Waals surface area contributed by atoms with Gasteiger partial charge in [0.2, 0.25) is 0 Å². The molecular weight excluding hydrogens is 402 g/mol. The predicted molar refractivity (Wildman–Crippen MR) is 124 cm³/mol. The lowest BCUT2D eigenvalue weighted by atomic mass is 9.69. The van der Waals surface area contributed by atoms with Crippen molar-refractivity contribution in [3.05, 3.63) is 53.9 Å². The van der Waals surface area contributed by atoms with E-state index in [1.54, 1.807) is 7.11 Å². The van der Waals surface area contributed by atoms with Crippen LogP contribution >= 0.6 is 0 Å². The number of carboxylic acids is 1. The number of methoxy groups -OCH3 is 1. The fourth-order valence-electron chi connectivity index (χ4n) is 6.41. The van der Waals surface area contributed by atoms with Crippen molar-refractivity contribution in [1.29, 1.82) is 0 Å². The Balaban J connectivity index is 1.23. The summed E-state index contributed by atoms with van der Waals surface area (Å²) >= 11 is 0. The van der Waals surface area contributed by atoms with E-state index in [0.717, 1.165) is 68.9 Å². The van der Waals surface area contributed by atoms with E-state index in [1.165, 1.54) is 5.56 Å². The van der Waals surface area contributed by atoms with Crippen molar-refractivity contribution in [3.63, 3.8) is 0 Å². The lowest BCUT2D eigenvalue weighted by Crippen LogP contribution is -2.67. The molecule has 170 valence electrons. The van der Waals surface area contributed by atoms with Gasteiger partial charge < -0.3 is 19.6 Å². The van der Waals surface area contributed by atoms with Crippen LogP contribution in [0.5, 0.6) is 5.75 Å².